The van der Waals surface area contributed by atoms with Crippen LogP contribution in [0.5, 0.6) is 0 Å². The first kappa shape index (κ1) is 18.5. The van der Waals surface area contributed by atoms with E-state index < -0.39 is 12.1 Å². The van der Waals surface area contributed by atoms with Gasteiger partial charge >= 0.3 is 6.09 Å². The van der Waals surface area contributed by atoms with Crippen LogP contribution in [0.2, 0.25) is 0 Å². The van der Waals surface area contributed by atoms with Crippen LogP contribution in [0.15, 0.2) is 60.7 Å². The summed E-state index contributed by atoms with van der Waals surface area (Å²) in [5.74, 6) is -0.282. The molecule has 0 unspecified atom stereocenters. The Morgan fingerprint density at radius 3 is 2.04 bits per heavy atom. The molecule has 2 aromatic carbocycles. The van der Waals surface area contributed by atoms with Crippen molar-refractivity contribution in [3.63, 3.8) is 0 Å². The van der Waals surface area contributed by atoms with Gasteiger partial charge in [-0.05, 0) is 17.0 Å². The van der Waals surface area contributed by atoms with Gasteiger partial charge in [0.2, 0.25) is 5.91 Å². The van der Waals surface area contributed by atoms with Crippen LogP contribution in [0.1, 0.15) is 25.0 Å². The largest absolute Gasteiger partial charge is 0.445 e. The summed E-state index contributed by atoms with van der Waals surface area (Å²) < 4.78 is 5.19. The highest BCUT2D eigenvalue weighted by Crippen LogP contribution is 2.05. The second-order valence-corrected chi connectivity index (χ2v) is 6.13. The number of benzene rings is 2. The Bertz CT molecular complexity index is 672. The third-order valence-electron chi connectivity index (χ3n) is 3.74. The summed E-state index contributed by atoms with van der Waals surface area (Å²) in [6.07, 6.45) is -0.600. The van der Waals surface area contributed by atoms with E-state index in [4.69, 9.17) is 4.74 Å². The van der Waals surface area contributed by atoms with Gasteiger partial charge in [-0.2, -0.15) is 0 Å². The first-order valence-corrected chi connectivity index (χ1v) is 8.35. The lowest BCUT2D eigenvalue weighted by molar-refractivity contribution is -0.124. The van der Waals surface area contributed by atoms with E-state index in [0.29, 0.717) is 6.54 Å². The maximum Gasteiger partial charge on any atom is 0.408 e. The number of carbonyl (C=O) groups excluding carboxylic acids is 2. The van der Waals surface area contributed by atoms with E-state index in [9.17, 15) is 9.59 Å². The van der Waals surface area contributed by atoms with Crippen LogP contribution in [0.3, 0.4) is 0 Å². The van der Waals surface area contributed by atoms with Gasteiger partial charge in [0.05, 0.1) is 0 Å². The minimum atomic E-state index is -0.646. The van der Waals surface area contributed by atoms with E-state index in [1.54, 1.807) is 0 Å². The van der Waals surface area contributed by atoms with Gasteiger partial charge in [-0.3, -0.25) is 4.79 Å². The van der Waals surface area contributed by atoms with Crippen molar-refractivity contribution in [3.8, 4) is 0 Å². The molecule has 25 heavy (non-hydrogen) atoms. The minimum absolute atomic E-state index is 0.0555. The summed E-state index contributed by atoms with van der Waals surface area (Å²) in [5.41, 5.74) is 1.90. The molecule has 2 aromatic rings. The van der Waals surface area contributed by atoms with Gasteiger partial charge in [0.15, 0.2) is 0 Å². The number of carbonyl (C=O) groups is 2. The van der Waals surface area contributed by atoms with E-state index in [1.807, 2.05) is 74.5 Å². The standard InChI is InChI=1S/C20H24N2O3/c1-15(2)18(19(23)21-13-16-9-5-3-6-10-16)22-20(24)25-14-17-11-7-4-8-12-17/h3-12,15,18H,13-14H2,1-2H3,(H,21,23)(H,22,24)/t18-/m0/s1. The second-order valence-electron chi connectivity index (χ2n) is 6.13. The predicted octanol–water partition coefficient (Wildman–Crippen LogP) is 3.25. The molecule has 2 N–H and O–H groups in total. The fraction of sp³-hybridized carbons (Fsp3) is 0.300. The number of alkyl carbamates (subject to hydrolysis) is 1. The Balaban J connectivity index is 1.84. The number of ether oxygens (including phenoxy) is 1. The van der Waals surface area contributed by atoms with Crippen LogP contribution in [0, 0.1) is 5.92 Å². The quantitative estimate of drug-likeness (QED) is 0.813. The molecule has 0 aliphatic carbocycles. The smallest absolute Gasteiger partial charge is 0.408 e. The fourth-order valence-corrected chi connectivity index (χ4v) is 2.32. The monoisotopic (exact) mass is 340 g/mol. The maximum absolute atomic E-state index is 12.4. The lowest BCUT2D eigenvalue weighted by Crippen LogP contribution is -2.49. The number of rotatable bonds is 7. The topological polar surface area (TPSA) is 67.4 Å². The molecule has 0 aliphatic rings. The highest BCUT2D eigenvalue weighted by atomic mass is 16.5. The van der Waals surface area contributed by atoms with E-state index in [2.05, 4.69) is 10.6 Å². The van der Waals surface area contributed by atoms with E-state index in [1.165, 1.54) is 0 Å². The van der Waals surface area contributed by atoms with Crippen molar-refractivity contribution in [1.29, 1.82) is 0 Å². The molecule has 0 spiro atoms. The molecule has 5 heteroatoms. The average Bonchev–Trinajstić information content (AvgIpc) is 2.64. The highest BCUT2D eigenvalue weighted by Gasteiger charge is 2.24. The molecule has 0 heterocycles. The Morgan fingerprint density at radius 2 is 1.48 bits per heavy atom. The van der Waals surface area contributed by atoms with E-state index in [-0.39, 0.29) is 18.4 Å². The number of amides is 2. The lowest BCUT2D eigenvalue weighted by Gasteiger charge is -2.21. The van der Waals surface area contributed by atoms with Crippen LogP contribution in [0.25, 0.3) is 0 Å². The van der Waals surface area contributed by atoms with Crippen molar-refractivity contribution in [2.45, 2.75) is 33.0 Å². The van der Waals surface area contributed by atoms with Crippen LogP contribution < -0.4 is 10.6 Å². The summed E-state index contributed by atoms with van der Waals surface area (Å²) in [6, 6.07) is 18.4. The molecular weight excluding hydrogens is 316 g/mol. The summed E-state index contributed by atoms with van der Waals surface area (Å²) >= 11 is 0. The molecule has 1 atom stereocenters. The zero-order valence-corrected chi connectivity index (χ0v) is 14.6. The summed E-state index contributed by atoms with van der Waals surface area (Å²) in [7, 11) is 0. The predicted molar refractivity (Wildman–Crippen MR) is 96.7 cm³/mol. The molecule has 0 radical (unpaired) electrons. The average molecular weight is 340 g/mol. The summed E-state index contributed by atoms with van der Waals surface area (Å²) in [4.78, 5) is 24.4. The number of hydrogen-bond donors (Lipinski definition) is 2. The van der Waals surface area contributed by atoms with Crippen LogP contribution in [-0.2, 0) is 22.7 Å². The molecule has 132 valence electrons. The first-order chi connectivity index (χ1) is 12.1. The van der Waals surface area contributed by atoms with Crippen LogP contribution in [0.4, 0.5) is 4.79 Å². The number of hydrogen-bond acceptors (Lipinski definition) is 3. The zero-order chi connectivity index (χ0) is 18.1. The third kappa shape index (κ3) is 6.30. The van der Waals surface area contributed by atoms with Crippen molar-refractivity contribution in [2.24, 2.45) is 5.92 Å². The van der Waals surface area contributed by atoms with Gasteiger partial charge in [0.1, 0.15) is 12.6 Å². The van der Waals surface area contributed by atoms with Crippen LogP contribution >= 0.6 is 0 Å². The first-order valence-electron chi connectivity index (χ1n) is 8.35. The number of nitrogens with one attached hydrogen (secondary N) is 2. The van der Waals surface area contributed by atoms with Crippen molar-refractivity contribution in [1.82, 2.24) is 10.6 Å². The molecular formula is C20H24N2O3. The van der Waals surface area contributed by atoms with E-state index >= 15 is 0 Å². The SMILES string of the molecule is CC(C)[C@H](NC(=O)OCc1ccccc1)C(=O)NCc1ccccc1. The van der Waals surface area contributed by atoms with Crippen molar-refractivity contribution < 1.29 is 14.3 Å². The van der Waals surface area contributed by atoms with Crippen LogP contribution in [-0.4, -0.2) is 18.0 Å². The Morgan fingerprint density at radius 1 is 0.920 bits per heavy atom. The molecule has 0 saturated carbocycles. The molecule has 2 amide bonds. The summed E-state index contributed by atoms with van der Waals surface area (Å²) in [6.45, 7) is 4.35. The van der Waals surface area contributed by atoms with Gasteiger partial charge in [-0.1, -0.05) is 74.5 Å². The molecule has 2 rings (SSSR count). The maximum atomic E-state index is 12.4. The van der Waals surface area contributed by atoms with Crippen molar-refractivity contribution in [3.05, 3.63) is 71.8 Å². The van der Waals surface area contributed by atoms with Gasteiger partial charge in [-0.15, -0.1) is 0 Å². The van der Waals surface area contributed by atoms with E-state index in [0.717, 1.165) is 11.1 Å². The van der Waals surface area contributed by atoms with Gasteiger partial charge < -0.3 is 15.4 Å². The lowest BCUT2D eigenvalue weighted by atomic mass is 10.0. The zero-order valence-electron chi connectivity index (χ0n) is 14.6. The molecule has 0 fully saturated rings. The Hall–Kier alpha value is -2.82. The molecule has 0 bridgehead atoms. The van der Waals surface area contributed by atoms with Gasteiger partial charge in [0, 0.05) is 6.54 Å². The molecule has 5 nitrogen and oxygen atoms in total. The second kappa shape index (κ2) is 9.47. The normalized spacial score (nSPS) is 11.6. The molecule has 0 saturated heterocycles. The third-order valence-corrected chi connectivity index (χ3v) is 3.74. The van der Waals surface area contributed by atoms with Crippen molar-refractivity contribution in [2.75, 3.05) is 0 Å². The van der Waals surface area contributed by atoms with Crippen molar-refractivity contribution >= 4 is 12.0 Å². The highest BCUT2D eigenvalue weighted by molar-refractivity contribution is 5.85. The summed E-state index contributed by atoms with van der Waals surface area (Å²) in [5, 5.41) is 5.50. The van der Waals surface area contributed by atoms with Gasteiger partial charge in [0.25, 0.3) is 0 Å². The Labute approximate surface area is 148 Å². The molecule has 0 aliphatic heterocycles. The fourth-order valence-electron chi connectivity index (χ4n) is 2.32. The molecule has 0 aromatic heterocycles. The minimum Gasteiger partial charge on any atom is -0.445 e. The van der Waals surface area contributed by atoms with Gasteiger partial charge in [-0.25, -0.2) is 4.79 Å². The Kier molecular flexibility index (Phi) is 7.01.